The molecule has 0 radical (unpaired) electrons. The number of thioether (sulfide) groups is 1. The Balaban J connectivity index is 1.42. The van der Waals surface area contributed by atoms with Gasteiger partial charge in [-0.1, -0.05) is 30.3 Å². The van der Waals surface area contributed by atoms with Crippen LogP contribution in [0.2, 0.25) is 0 Å². The monoisotopic (exact) mass is 499 g/mol. The maximum absolute atomic E-state index is 12.0. The van der Waals surface area contributed by atoms with E-state index in [1.807, 2.05) is 61.2 Å². The van der Waals surface area contributed by atoms with Crippen LogP contribution in [0.15, 0.2) is 42.5 Å². The Morgan fingerprint density at radius 3 is 2.57 bits per heavy atom. The number of carbonyl (C=O) groups excluding carboxylic acids is 1. The molecule has 0 saturated carbocycles. The third-order valence-corrected chi connectivity index (χ3v) is 8.31. The van der Waals surface area contributed by atoms with Crippen LogP contribution < -0.4 is 14.8 Å². The molecule has 1 amide bonds. The summed E-state index contributed by atoms with van der Waals surface area (Å²) >= 11 is 1.92. The molecule has 6 nitrogen and oxygen atoms in total. The van der Waals surface area contributed by atoms with Gasteiger partial charge in [0.25, 0.3) is 0 Å². The summed E-state index contributed by atoms with van der Waals surface area (Å²) in [6, 6.07) is 14.0. The number of nitrogens with one attached hydrogen (secondary N) is 1. The summed E-state index contributed by atoms with van der Waals surface area (Å²) in [6.45, 7) is 4.11. The average molecular weight is 500 g/mol. The van der Waals surface area contributed by atoms with Gasteiger partial charge in [-0.2, -0.15) is 11.8 Å². The Labute approximate surface area is 213 Å². The van der Waals surface area contributed by atoms with Gasteiger partial charge in [-0.3, -0.25) is 4.79 Å². The van der Waals surface area contributed by atoms with Crippen molar-refractivity contribution in [1.82, 2.24) is 5.32 Å². The van der Waals surface area contributed by atoms with Gasteiger partial charge >= 0.3 is 0 Å². The van der Waals surface area contributed by atoms with Crippen LogP contribution in [0, 0.1) is 0 Å². The van der Waals surface area contributed by atoms with Gasteiger partial charge in [0.1, 0.15) is 17.6 Å². The Morgan fingerprint density at radius 2 is 1.86 bits per heavy atom. The van der Waals surface area contributed by atoms with E-state index in [1.165, 1.54) is 11.1 Å². The molecule has 190 valence electrons. The predicted octanol–water partition coefficient (Wildman–Crippen LogP) is 5.08. The molecule has 1 aliphatic carbocycles. The summed E-state index contributed by atoms with van der Waals surface area (Å²) in [4.78, 5) is 12.0. The Morgan fingerprint density at radius 1 is 1.11 bits per heavy atom. The normalized spacial score (nSPS) is 26.0. The van der Waals surface area contributed by atoms with Crippen LogP contribution >= 0.6 is 11.8 Å². The molecule has 1 unspecified atom stereocenters. The lowest BCUT2D eigenvalue weighted by Crippen LogP contribution is -2.56. The van der Waals surface area contributed by atoms with Gasteiger partial charge < -0.3 is 24.3 Å². The van der Waals surface area contributed by atoms with E-state index in [2.05, 4.69) is 5.32 Å². The number of benzene rings is 2. The number of ether oxygens (including phenoxy) is 4. The van der Waals surface area contributed by atoms with Crippen molar-refractivity contribution in [1.29, 1.82) is 0 Å². The Bertz CT molecular complexity index is 985. The van der Waals surface area contributed by atoms with Gasteiger partial charge in [-0.25, -0.2) is 0 Å². The molecule has 0 aromatic heterocycles. The topological polar surface area (TPSA) is 66.0 Å². The first kappa shape index (κ1) is 25.9. The third kappa shape index (κ3) is 6.32. The maximum Gasteiger partial charge on any atom is 0.217 e. The quantitative estimate of drug-likeness (QED) is 0.519. The first-order valence-electron chi connectivity index (χ1n) is 12.4. The molecule has 1 saturated heterocycles. The van der Waals surface area contributed by atoms with Crippen molar-refractivity contribution in [2.24, 2.45) is 0 Å². The summed E-state index contributed by atoms with van der Waals surface area (Å²) in [5, 5.41) is 3.45. The lowest BCUT2D eigenvalue weighted by atomic mass is 9.89. The number of fused-ring (bicyclic) bond motifs is 1. The zero-order valence-electron chi connectivity index (χ0n) is 21.1. The highest BCUT2D eigenvalue weighted by Crippen LogP contribution is 2.48. The zero-order valence-corrected chi connectivity index (χ0v) is 21.9. The minimum Gasteiger partial charge on any atom is -0.496 e. The lowest BCUT2D eigenvalue weighted by molar-refractivity contribution is -0.149. The van der Waals surface area contributed by atoms with Crippen molar-refractivity contribution in [3.05, 3.63) is 59.2 Å². The van der Waals surface area contributed by atoms with E-state index >= 15 is 0 Å². The van der Waals surface area contributed by atoms with Crippen molar-refractivity contribution < 1.29 is 23.7 Å². The molecule has 1 aliphatic heterocycles. The van der Waals surface area contributed by atoms with Crippen LogP contribution in [0.25, 0.3) is 0 Å². The fourth-order valence-corrected chi connectivity index (χ4v) is 6.73. The van der Waals surface area contributed by atoms with Gasteiger partial charge in [0, 0.05) is 29.1 Å². The van der Waals surface area contributed by atoms with Gasteiger partial charge in [-0.05, 0) is 50.3 Å². The van der Waals surface area contributed by atoms with Gasteiger partial charge in [-0.15, -0.1) is 0 Å². The second-order valence-corrected chi connectivity index (χ2v) is 10.6. The summed E-state index contributed by atoms with van der Waals surface area (Å²) in [5.74, 6) is 2.68. The van der Waals surface area contributed by atoms with E-state index in [9.17, 15) is 4.79 Å². The molecular weight excluding hydrogens is 462 g/mol. The minimum atomic E-state index is -0.194. The number of methoxy groups -OCH3 is 2. The molecule has 0 spiro atoms. The molecular formula is C28H37NO5S. The molecule has 2 aromatic rings. The maximum atomic E-state index is 12.0. The number of amides is 1. The predicted molar refractivity (Wildman–Crippen MR) is 139 cm³/mol. The highest BCUT2D eigenvalue weighted by Gasteiger charge is 2.38. The highest BCUT2D eigenvalue weighted by molar-refractivity contribution is 7.99. The minimum absolute atomic E-state index is 0.0328. The summed E-state index contributed by atoms with van der Waals surface area (Å²) < 4.78 is 24.1. The summed E-state index contributed by atoms with van der Waals surface area (Å²) in [7, 11) is 3.46. The Hall–Kier alpha value is -2.22. The smallest absolute Gasteiger partial charge is 0.217 e. The molecule has 0 bridgehead atoms. The fourth-order valence-electron chi connectivity index (χ4n) is 5.31. The van der Waals surface area contributed by atoms with E-state index in [1.54, 1.807) is 21.1 Å². The molecule has 1 fully saturated rings. The lowest BCUT2D eigenvalue weighted by Gasteiger charge is -2.41. The van der Waals surface area contributed by atoms with E-state index in [-0.39, 0.29) is 30.3 Å². The number of carbonyl (C=O) groups is 1. The molecule has 4 rings (SSSR count). The Kier molecular flexibility index (Phi) is 8.98. The molecule has 5 atom stereocenters. The van der Waals surface area contributed by atoms with E-state index in [0.717, 1.165) is 48.5 Å². The second-order valence-electron chi connectivity index (χ2n) is 9.34. The zero-order chi connectivity index (χ0) is 24.8. The van der Waals surface area contributed by atoms with Crippen LogP contribution in [0.1, 0.15) is 55.1 Å². The molecule has 7 heteroatoms. The standard InChI is InChI=1S/C28H37NO5S/c1-18-28(33-16-20-9-6-5-7-10-20)23(29-19(2)30)15-21(34-18)17-35-26-12-8-11-22-24(31-3)13-14-25(32-4)27(22)26/h5-7,9-10,13-14,18,21,23,26,28H,8,11-12,15-17H2,1-4H3,(H,29,30)/t18-,21+,23-,26?,28+/m1/s1. The van der Waals surface area contributed by atoms with Crippen molar-refractivity contribution in [3.8, 4) is 11.5 Å². The van der Waals surface area contributed by atoms with E-state index in [4.69, 9.17) is 18.9 Å². The summed E-state index contributed by atoms with van der Waals surface area (Å²) in [5.41, 5.74) is 3.63. The van der Waals surface area contributed by atoms with Crippen LogP contribution in [0.3, 0.4) is 0 Å². The molecule has 1 N–H and O–H groups in total. The SMILES string of the molecule is COc1ccc(OC)c2c1CCCC2SC[C@@H]1C[C@@H](NC(C)=O)[C@@H](OCc2ccccc2)[C@@H](C)O1. The van der Waals surface area contributed by atoms with Gasteiger partial charge in [0.15, 0.2) is 0 Å². The van der Waals surface area contributed by atoms with Crippen LogP contribution in [0.5, 0.6) is 11.5 Å². The number of hydrogen-bond acceptors (Lipinski definition) is 6. The van der Waals surface area contributed by atoms with E-state index < -0.39 is 0 Å². The van der Waals surface area contributed by atoms with Gasteiger partial charge in [0.2, 0.25) is 5.91 Å². The van der Waals surface area contributed by atoms with Crippen molar-refractivity contribution in [2.45, 2.75) is 75.7 Å². The number of hydrogen-bond donors (Lipinski definition) is 1. The summed E-state index contributed by atoms with van der Waals surface area (Å²) in [6.07, 6.45) is 3.68. The van der Waals surface area contributed by atoms with Crippen molar-refractivity contribution >= 4 is 17.7 Å². The van der Waals surface area contributed by atoms with E-state index in [0.29, 0.717) is 11.9 Å². The first-order chi connectivity index (χ1) is 17.0. The molecule has 35 heavy (non-hydrogen) atoms. The highest BCUT2D eigenvalue weighted by atomic mass is 32.2. The van der Waals surface area contributed by atoms with Crippen molar-refractivity contribution in [3.63, 3.8) is 0 Å². The first-order valence-corrected chi connectivity index (χ1v) is 13.5. The van der Waals surface area contributed by atoms with Crippen LogP contribution in [0.4, 0.5) is 0 Å². The second kappa shape index (κ2) is 12.2. The van der Waals surface area contributed by atoms with Gasteiger partial charge in [0.05, 0.1) is 39.1 Å². The van der Waals surface area contributed by atoms with Crippen LogP contribution in [-0.2, 0) is 27.3 Å². The van der Waals surface area contributed by atoms with Crippen LogP contribution in [-0.4, -0.2) is 50.2 Å². The average Bonchev–Trinajstić information content (AvgIpc) is 2.86. The number of rotatable bonds is 9. The molecule has 2 aromatic carbocycles. The van der Waals surface area contributed by atoms with Crippen molar-refractivity contribution in [2.75, 3.05) is 20.0 Å². The molecule has 2 aliphatic rings. The third-order valence-electron chi connectivity index (χ3n) is 6.87. The fraction of sp³-hybridized carbons (Fsp3) is 0.536. The molecule has 1 heterocycles. The largest absolute Gasteiger partial charge is 0.496 e.